The minimum atomic E-state index is -1.30. The number of nitrogens with one attached hydrogen (secondary N) is 3. The number of benzene rings is 1. The number of hydrogen-bond acceptors (Lipinski definition) is 7. The van der Waals surface area contributed by atoms with Crippen LogP contribution in [0.25, 0.3) is 0 Å². The van der Waals surface area contributed by atoms with E-state index in [1.165, 1.54) is 0 Å². The number of hydrogen-bond donors (Lipinski definition) is 7. The topological polar surface area (TPSA) is 237 Å². The maximum absolute atomic E-state index is 13.3. The number of amides is 5. The van der Waals surface area contributed by atoms with E-state index < -0.39 is 59.7 Å². The first-order chi connectivity index (χ1) is 17.8. The maximum atomic E-state index is 13.3. The second-order valence-electron chi connectivity index (χ2n) is 9.46. The van der Waals surface area contributed by atoms with Crippen molar-refractivity contribution in [3.8, 4) is 0 Å². The zero-order chi connectivity index (χ0) is 28.8. The van der Waals surface area contributed by atoms with Crippen molar-refractivity contribution in [1.82, 2.24) is 16.0 Å². The molecule has 10 N–H and O–H groups in total. The molecule has 0 saturated heterocycles. The Morgan fingerprint density at radius 3 is 1.79 bits per heavy atom. The Hall–Kier alpha value is -4.00. The van der Waals surface area contributed by atoms with Gasteiger partial charge in [0.2, 0.25) is 29.5 Å². The molecule has 1 rings (SSSR count). The van der Waals surface area contributed by atoms with Crippen molar-refractivity contribution in [2.45, 2.75) is 76.5 Å². The van der Waals surface area contributed by atoms with Crippen LogP contribution in [0.2, 0.25) is 0 Å². The van der Waals surface area contributed by atoms with E-state index in [9.17, 15) is 33.9 Å². The van der Waals surface area contributed by atoms with Crippen molar-refractivity contribution < 1.29 is 33.9 Å². The third kappa shape index (κ3) is 12.3. The molecule has 0 aliphatic rings. The van der Waals surface area contributed by atoms with E-state index in [0.717, 1.165) is 0 Å². The Morgan fingerprint density at radius 2 is 1.26 bits per heavy atom. The van der Waals surface area contributed by atoms with Gasteiger partial charge in [0.05, 0.1) is 6.04 Å². The van der Waals surface area contributed by atoms with Gasteiger partial charge in [-0.05, 0) is 30.7 Å². The molecule has 5 amide bonds. The summed E-state index contributed by atoms with van der Waals surface area (Å²) in [6, 6.07) is 3.93. The molecular weight excluding hydrogens is 496 g/mol. The van der Waals surface area contributed by atoms with E-state index >= 15 is 0 Å². The van der Waals surface area contributed by atoms with Gasteiger partial charge in [-0.3, -0.25) is 24.0 Å². The Labute approximate surface area is 221 Å². The Bertz CT molecular complexity index is 986. The van der Waals surface area contributed by atoms with Gasteiger partial charge < -0.3 is 38.3 Å². The molecule has 0 aromatic heterocycles. The van der Waals surface area contributed by atoms with Gasteiger partial charge in [0, 0.05) is 19.3 Å². The van der Waals surface area contributed by atoms with Gasteiger partial charge in [-0.1, -0.05) is 44.2 Å². The van der Waals surface area contributed by atoms with Gasteiger partial charge in [0.1, 0.15) is 18.1 Å². The van der Waals surface area contributed by atoms with Crippen LogP contribution in [0.1, 0.15) is 51.5 Å². The van der Waals surface area contributed by atoms with Crippen LogP contribution in [0, 0.1) is 5.92 Å². The van der Waals surface area contributed by atoms with Crippen LogP contribution in [-0.4, -0.2) is 64.8 Å². The smallest absolute Gasteiger partial charge is 0.326 e. The third-order valence-corrected chi connectivity index (χ3v) is 5.59. The molecule has 0 heterocycles. The highest BCUT2D eigenvalue weighted by Crippen LogP contribution is 2.09. The lowest BCUT2D eigenvalue weighted by atomic mass is 10.0. The lowest BCUT2D eigenvalue weighted by molar-refractivity contribution is -0.143. The van der Waals surface area contributed by atoms with Gasteiger partial charge in [-0.2, -0.15) is 0 Å². The molecule has 38 heavy (non-hydrogen) atoms. The number of primary amides is 2. The number of carbonyl (C=O) groups is 6. The maximum Gasteiger partial charge on any atom is 0.326 e. The van der Waals surface area contributed by atoms with Crippen LogP contribution in [-0.2, 0) is 35.2 Å². The molecule has 0 spiro atoms. The Kier molecular flexibility index (Phi) is 13.5. The predicted molar refractivity (Wildman–Crippen MR) is 138 cm³/mol. The molecule has 1 aromatic carbocycles. The molecule has 0 fully saturated rings. The summed E-state index contributed by atoms with van der Waals surface area (Å²) in [5.74, 6) is -4.91. The van der Waals surface area contributed by atoms with Crippen molar-refractivity contribution in [2.24, 2.45) is 23.1 Å². The van der Waals surface area contributed by atoms with Gasteiger partial charge in [0.15, 0.2) is 0 Å². The molecular formula is C25H38N6O7. The molecule has 0 radical (unpaired) electrons. The zero-order valence-corrected chi connectivity index (χ0v) is 21.6. The average Bonchev–Trinajstić information content (AvgIpc) is 2.83. The first-order valence-corrected chi connectivity index (χ1v) is 12.3. The molecule has 1 aromatic rings. The monoisotopic (exact) mass is 534 g/mol. The quantitative estimate of drug-likeness (QED) is 0.126. The average molecular weight is 535 g/mol. The molecule has 210 valence electrons. The summed E-state index contributed by atoms with van der Waals surface area (Å²) >= 11 is 0. The largest absolute Gasteiger partial charge is 0.480 e. The second-order valence-corrected chi connectivity index (χ2v) is 9.46. The summed E-state index contributed by atoms with van der Waals surface area (Å²) < 4.78 is 0. The van der Waals surface area contributed by atoms with E-state index in [1.807, 2.05) is 0 Å². The fourth-order valence-corrected chi connectivity index (χ4v) is 3.56. The second kappa shape index (κ2) is 16.0. The summed E-state index contributed by atoms with van der Waals surface area (Å²) in [6.07, 6.45) is -0.416. The molecule has 0 aliphatic heterocycles. The minimum Gasteiger partial charge on any atom is -0.480 e. The summed E-state index contributed by atoms with van der Waals surface area (Å²) in [4.78, 5) is 72.9. The molecule has 0 aliphatic carbocycles. The molecule has 0 bridgehead atoms. The molecule has 4 unspecified atom stereocenters. The predicted octanol–water partition coefficient (Wildman–Crippen LogP) is -1.33. The van der Waals surface area contributed by atoms with Crippen LogP contribution in [0.5, 0.6) is 0 Å². The van der Waals surface area contributed by atoms with E-state index in [-0.39, 0.29) is 44.4 Å². The Balaban J connectivity index is 3.12. The molecule has 13 nitrogen and oxygen atoms in total. The van der Waals surface area contributed by atoms with Gasteiger partial charge >= 0.3 is 5.97 Å². The fraction of sp³-hybridized carbons (Fsp3) is 0.520. The van der Waals surface area contributed by atoms with Crippen LogP contribution >= 0.6 is 0 Å². The van der Waals surface area contributed by atoms with Crippen molar-refractivity contribution in [3.63, 3.8) is 0 Å². The number of carboxylic acids is 1. The summed E-state index contributed by atoms with van der Waals surface area (Å²) in [5.41, 5.74) is 16.9. The van der Waals surface area contributed by atoms with Gasteiger partial charge in [-0.15, -0.1) is 0 Å². The van der Waals surface area contributed by atoms with E-state index in [2.05, 4.69) is 16.0 Å². The first kappa shape index (κ1) is 32.0. The number of carbonyl (C=O) groups excluding carboxylic acids is 5. The van der Waals surface area contributed by atoms with Crippen LogP contribution in [0.4, 0.5) is 0 Å². The third-order valence-electron chi connectivity index (χ3n) is 5.59. The summed E-state index contributed by atoms with van der Waals surface area (Å²) in [7, 11) is 0. The highest BCUT2D eigenvalue weighted by atomic mass is 16.4. The summed E-state index contributed by atoms with van der Waals surface area (Å²) in [6.45, 7) is 3.58. The van der Waals surface area contributed by atoms with Crippen molar-refractivity contribution in [1.29, 1.82) is 0 Å². The van der Waals surface area contributed by atoms with Gasteiger partial charge in [0.25, 0.3) is 0 Å². The van der Waals surface area contributed by atoms with Crippen LogP contribution in [0.3, 0.4) is 0 Å². The number of rotatable bonds is 17. The zero-order valence-electron chi connectivity index (χ0n) is 21.6. The van der Waals surface area contributed by atoms with Crippen LogP contribution < -0.4 is 33.2 Å². The molecule has 4 atom stereocenters. The van der Waals surface area contributed by atoms with Crippen molar-refractivity contribution >= 4 is 35.5 Å². The lowest BCUT2D eigenvalue weighted by Gasteiger charge is -2.25. The van der Waals surface area contributed by atoms with E-state index in [4.69, 9.17) is 17.2 Å². The highest BCUT2D eigenvalue weighted by Gasteiger charge is 2.31. The minimum absolute atomic E-state index is 0.0308. The normalized spacial score (nSPS) is 14.0. The molecule has 0 saturated carbocycles. The molecule has 13 heteroatoms. The first-order valence-electron chi connectivity index (χ1n) is 12.3. The van der Waals surface area contributed by atoms with Crippen molar-refractivity contribution in [2.75, 3.05) is 0 Å². The number of carboxylic acid groups (broad SMARTS) is 1. The lowest BCUT2D eigenvalue weighted by Crippen LogP contribution is -2.57. The number of nitrogens with two attached hydrogens (primary N) is 3. The summed E-state index contributed by atoms with van der Waals surface area (Å²) in [5, 5.41) is 16.9. The number of aliphatic carboxylic acids is 1. The van der Waals surface area contributed by atoms with Crippen LogP contribution in [0.15, 0.2) is 30.3 Å². The SMILES string of the molecule is CC(C)CC(NC(=O)C(CCC(N)=O)NC(=O)C(Cc1ccccc1)NC(=O)C(N)CCC(N)=O)C(=O)O. The highest BCUT2D eigenvalue weighted by molar-refractivity contribution is 5.94. The fourth-order valence-electron chi connectivity index (χ4n) is 3.56. The Morgan fingerprint density at radius 1 is 0.763 bits per heavy atom. The van der Waals surface area contributed by atoms with Gasteiger partial charge in [-0.25, -0.2) is 4.79 Å². The van der Waals surface area contributed by atoms with E-state index in [0.29, 0.717) is 5.56 Å². The van der Waals surface area contributed by atoms with Crippen molar-refractivity contribution in [3.05, 3.63) is 35.9 Å². The van der Waals surface area contributed by atoms with E-state index in [1.54, 1.807) is 44.2 Å². The standard InChI is InChI=1S/C25H38N6O7/c1-14(2)12-19(25(37)38)31-23(35)17(9-11-21(28)33)29-24(36)18(13-15-6-4-3-5-7-15)30-22(34)16(26)8-10-20(27)32/h3-7,14,16-19H,8-13,26H2,1-2H3,(H2,27,32)(H2,28,33)(H,29,36)(H,30,34)(H,31,35)(H,37,38).